The molecule has 3 aromatic carbocycles. The minimum absolute atomic E-state index is 0.0784. The minimum atomic E-state index is -0.0793. The Morgan fingerprint density at radius 3 is 2.30 bits per heavy atom. The lowest BCUT2D eigenvalue weighted by Crippen LogP contribution is -2.38. The van der Waals surface area contributed by atoms with Crippen LogP contribution < -0.4 is 5.32 Å². The van der Waals surface area contributed by atoms with Crippen molar-refractivity contribution in [2.45, 2.75) is 57.8 Å². The quantitative estimate of drug-likeness (QED) is 0.235. The molecule has 1 aliphatic heterocycles. The molecule has 1 aromatic heterocycles. The Balaban J connectivity index is 1.34. The van der Waals surface area contributed by atoms with Crippen molar-refractivity contribution < 1.29 is 9.53 Å². The number of likely N-dealkylation sites (tertiary alicyclic amines) is 1. The van der Waals surface area contributed by atoms with Crippen molar-refractivity contribution in [3.63, 3.8) is 0 Å². The number of carbonyl (C=O) groups is 1. The van der Waals surface area contributed by atoms with Gasteiger partial charge in [0, 0.05) is 36.1 Å². The van der Waals surface area contributed by atoms with Crippen molar-refractivity contribution in [3.8, 4) is 11.3 Å². The highest BCUT2D eigenvalue weighted by atomic mass is 16.5. The molecule has 206 valence electrons. The van der Waals surface area contributed by atoms with Crippen molar-refractivity contribution in [3.05, 3.63) is 102 Å². The number of para-hydroxylation sites is 1. The first-order chi connectivity index (χ1) is 19.7. The Morgan fingerprint density at radius 1 is 0.925 bits per heavy atom. The summed E-state index contributed by atoms with van der Waals surface area (Å²) in [6.45, 7) is 5.89. The standard InChI is InChI=1S/C35H39N3O2/c1-2-31(26-11-5-3-6-12-26)37-35(39)33-29-15-9-10-16-32(29)36-34(27-13-7-4-8-14-27)30(33)24-40-28-19-21-38(22-20-28)23-25-17-18-25/h3-16,25,28,31H,2,17-24H2,1H3,(H,37,39)/t31-/m0/s1. The number of hydrogen-bond donors (Lipinski definition) is 1. The van der Waals surface area contributed by atoms with E-state index in [1.807, 2.05) is 60.7 Å². The highest BCUT2D eigenvalue weighted by molar-refractivity contribution is 6.09. The van der Waals surface area contributed by atoms with Gasteiger partial charge in [-0.25, -0.2) is 4.98 Å². The number of ether oxygens (including phenoxy) is 1. The van der Waals surface area contributed by atoms with E-state index < -0.39 is 0 Å². The molecule has 0 radical (unpaired) electrons. The third kappa shape index (κ3) is 6.11. The van der Waals surface area contributed by atoms with Crippen molar-refractivity contribution in [1.82, 2.24) is 15.2 Å². The number of benzene rings is 3. The molecule has 0 unspecified atom stereocenters. The third-order valence-electron chi connectivity index (χ3n) is 8.39. The topological polar surface area (TPSA) is 54.5 Å². The minimum Gasteiger partial charge on any atom is -0.373 e. The molecular formula is C35H39N3O2. The maximum Gasteiger partial charge on any atom is 0.252 e. The van der Waals surface area contributed by atoms with Gasteiger partial charge in [0.05, 0.1) is 35.5 Å². The van der Waals surface area contributed by atoms with Crippen molar-refractivity contribution in [1.29, 1.82) is 0 Å². The Morgan fingerprint density at radius 2 is 1.60 bits per heavy atom. The molecule has 6 rings (SSSR count). The molecule has 5 nitrogen and oxygen atoms in total. The predicted molar refractivity (Wildman–Crippen MR) is 161 cm³/mol. The van der Waals surface area contributed by atoms with Gasteiger partial charge in [-0.05, 0) is 49.7 Å². The van der Waals surface area contributed by atoms with E-state index in [1.54, 1.807) is 0 Å². The molecule has 1 atom stereocenters. The zero-order valence-electron chi connectivity index (χ0n) is 23.4. The summed E-state index contributed by atoms with van der Waals surface area (Å²) in [7, 11) is 0. The van der Waals surface area contributed by atoms with Gasteiger partial charge in [0.25, 0.3) is 5.91 Å². The van der Waals surface area contributed by atoms with Crippen LogP contribution in [0.3, 0.4) is 0 Å². The first-order valence-corrected chi connectivity index (χ1v) is 14.9. The number of fused-ring (bicyclic) bond motifs is 1. The second-order valence-electron chi connectivity index (χ2n) is 11.3. The maximum absolute atomic E-state index is 14.2. The van der Waals surface area contributed by atoms with Crippen LogP contribution in [-0.2, 0) is 11.3 Å². The number of piperidine rings is 1. The Hall–Kier alpha value is -3.54. The van der Waals surface area contributed by atoms with Gasteiger partial charge in [-0.2, -0.15) is 0 Å². The number of nitrogens with one attached hydrogen (secondary N) is 1. The molecule has 1 amide bonds. The zero-order valence-corrected chi connectivity index (χ0v) is 23.4. The Kier molecular flexibility index (Phi) is 8.22. The van der Waals surface area contributed by atoms with Gasteiger partial charge in [-0.3, -0.25) is 4.79 Å². The van der Waals surface area contributed by atoms with Crippen molar-refractivity contribution in [2.75, 3.05) is 19.6 Å². The van der Waals surface area contributed by atoms with Gasteiger partial charge in [0.2, 0.25) is 0 Å². The summed E-state index contributed by atoms with van der Waals surface area (Å²) < 4.78 is 6.61. The molecule has 0 bridgehead atoms. The van der Waals surface area contributed by atoms with Crippen LogP contribution in [0, 0.1) is 5.92 Å². The molecule has 4 aromatic rings. The molecule has 1 saturated heterocycles. The van der Waals surface area contributed by atoms with Crippen LogP contribution in [-0.4, -0.2) is 41.5 Å². The molecule has 2 aliphatic rings. The second-order valence-corrected chi connectivity index (χ2v) is 11.3. The summed E-state index contributed by atoms with van der Waals surface area (Å²) in [5, 5.41) is 4.21. The molecule has 1 N–H and O–H groups in total. The molecule has 1 aliphatic carbocycles. The van der Waals surface area contributed by atoms with Gasteiger partial charge >= 0.3 is 0 Å². The van der Waals surface area contributed by atoms with Crippen molar-refractivity contribution in [2.24, 2.45) is 5.92 Å². The van der Waals surface area contributed by atoms with Crippen LogP contribution in [0.25, 0.3) is 22.2 Å². The zero-order chi connectivity index (χ0) is 27.3. The number of nitrogens with zero attached hydrogens (tertiary/aromatic N) is 2. The highest BCUT2D eigenvalue weighted by Gasteiger charge is 2.29. The third-order valence-corrected chi connectivity index (χ3v) is 8.39. The van der Waals surface area contributed by atoms with E-state index in [1.165, 1.54) is 19.4 Å². The summed E-state index contributed by atoms with van der Waals surface area (Å²) in [5.74, 6) is 0.836. The van der Waals surface area contributed by atoms with E-state index >= 15 is 0 Å². The monoisotopic (exact) mass is 533 g/mol. The number of hydrogen-bond acceptors (Lipinski definition) is 4. The number of carbonyl (C=O) groups excluding carboxylic acids is 1. The van der Waals surface area contributed by atoms with Gasteiger partial charge in [-0.15, -0.1) is 0 Å². The van der Waals surface area contributed by atoms with Crippen LogP contribution in [0.1, 0.15) is 66.6 Å². The van der Waals surface area contributed by atoms with E-state index in [0.29, 0.717) is 12.2 Å². The summed E-state index contributed by atoms with van der Waals surface area (Å²) in [6, 6.07) is 28.3. The van der Waals surface area contributed by atoms with Gasteiger partial charge < -0.3 is 15.0 Å². The Labute approximate surface area is 237 Å². The maximum atomic E-state index is 14.2. The van der Waals surface area contributed by atoms with Gasteiger partial charge in [0.15, 0.2) is 0 Å². The van der Waals surface area contributed by atoms with Gasteiger partial charge in [-0.1, -0.05) is 85.8 Å². The summed E-state index contributed by atoms with van der Waals surface area (Å²) >= 11 is 0. The van der Waals surface area contributed by atoms with E-state index in [-0.39, 0.29) is 18.1 Å². The summed E-state index contributed by atoms with van der Waals surface area (Å²) in [5.41, 5.74) is 5.28. The SMILES string of the molecule is CC[C@H](NC(=O)c1c(COC2CCN(CC3CC3)CC2)c(-c2ccccc2)nc2ccccc12)c1ccccc1. The number of rotatable bonds is 10. The number of aromatic nitrogens is 1. The van der Waals surface area contributed by atoms with Crippen molar-refractivity contribution >= 4 is 16.8 Å². The van der Waals surface area contributed by atoms with Crippen LogP contribution >= 0.6 is 0 Å². The first-order valence-electron chi connectivity index (χ1n) is 14.9. The highest BCUT2D eigenvalue weighted by Crippen LogP contribution is 2.33. The molecule has 1 saturated carbocycles. The summed E-state index contributed by atoms with van der Waals surface area (Å²) in [6.07, 6.45) is 5.83. The lowest BCUT2D eigenvalue weighted by molar-refractivity contribution is -0.00327. The van der Waals surface area contributed by atoms with E-state index in [4.69, 9.17) is 9.72 Å². The average Bonchev–Trinajstić information content (AvgIpc) is 3.83. The first kappa shape index (κ1) is 26.7. The summed E-state index contributed by atoms with van der Waals surface area (Å²) in [4.78, 5) is 21.9. The smallest absolute Gasteiger partial charge is 0.252 e. The van der Waals surface area contributed by atoms with E-state index in [0.717, 1.165) is 71.6 Å². The Bertz CT molecular complexity index is 1430. The molecule has 40 heavy (non-hydrogen) atoms. The normalized spacial score (nSPS) is 17.1. The van der Waals surface area contributed by atoms with Crippen LogP contribution in [0.15, 0.2) is 84.9 Å². The fraction of sp³-hybridized carbons (Fsp3) is 0.371. The van der Waals surface area contributed by atoms with E-state index in [2.05, 4.69) is 41.4 Å². The molecule has 2 fully saturated rings. The van der Waals surface area contributed by atoms with Crippen LogP contribution in [0.2, 0.25) is 0 Å². The average molecular weight is 534 g/mol. The molecular weight excluding hydrogens is 494 g/mol. The van der Waals surface area contributed by atoms with Crippen LogP contribution in [0.5, 0.6) is 0 Å². The lowest BCUT2D eigenvalue weighted by Gasteiger charge is -2.32. The fourth-order valence-electron chi connectivity index (χ4n) is 5.95. The molecule has 5 heteroatoms. The predicted octanol–water partition coefficient (Wildman–Crippen LogP) is 7.17. The van der Waals surface area contributed by atoms with Gasteiger partial charge in [0.1, 0.15) is 0 Å². The number of amides is 1. The molecule has 2 heterocycles. The fourth-order valence-corrected chi connectivity index (χ4v) is 5.95. The van der Waals surface area contributed by atoms with E-state index in [9.17, 15) is 4.79 Å². The lowest BCUT2D eigenvalue weighted by atomic mass is 9.95. The molecule has 0 spiro atoms. The second kappa shape index (κ2) is 12.3. The largest absolute Gasteiger partial charge is 0.373 e. The van der Waals surface area contributed by atoms with Crippen LogP contribution in [0.4, 0.5) is 0 Å². The number of pyridine rings is 1.